The van der Waals surface area contributed by atoms with Crippen LogP contribution in [0.4, 0.5) is 16.2 Å². The predicted molar refractivity (Wildman–Crippen MR) is 132 cm³/mol. The predicted octanol–water partition coefficient (Wildman–Crippen LogP) is 5.50. The number of amides is 3. The third-order valence-electron chi connectivity index (χ3n) is 5.39. The maximum absolute atomic E-state index is 12.9. The van der Waals surface area contributed by atoms with Crippen LogP contribution in [-0.2, 0) is 6.42 Å². The molecule has 0 saturated carbocycles. The summed E-state index contributed by atoms with van der Waals surface area (Å²) in [5.41, 5.74) is 4.58. The Bertz CT molecular complexity index is 1100. The molecule has 3 aromatic rings. The number of fused-ring (bicyclic) bond motifs is 1. The molecule has 0 saturated heterocycles. The summed E-state index contributed by atoms with van der Waals surface area (Å²) in [6.07, 6.45) is 0.786. The van der Waals surface area contributed by atoms with Crippen LogP contribution in [0.5, 0.6) is 0 Å². The molecule has 0 bridgehead atoms. The Hall–Kier alpha value is -3.25. The van der Waals surface area contributed by atoms with Crippen LogP contribution in [0.2, 0.25) is 0 Å². The average Bonchev–Trinajstić information content (AvgIpc) is 2.80. The second kappa shape index (κ2) is 9.92. The number of aryl methyl sites for hydroxylation is 1. The van der Waals surface area contributed by atoms with Crippen molar-refractivity contribution in [2.45, 2.75) is 30.4 Å². The topological polar surface area (TPSA) is 61.4 Å². The monoisotopic (exact) mass is 445 g/mol. The van der Waals surface area contributed by atoms with Crippen molar-refractivity contribution >= 4 is 35.1 Å². The van der Waals surface area contributed by atoms with E-state index >= 15 is 0 Å². The van der Waals surface area contributed by atoms with Gasteiger partial charge >= 0.3 is 6.03 Å². The van der Waals surface area contributed by atoms with Crippen molar-refractivity contribution < 1.29 is 9.59 Å². The largest absolute Gasteiger partial charge is 0.352 e. The van der Waals surface area contributed by atoms with Crippen molar-refractivity contribution in [3.8, 4) is 0 Å². The van der Waals surface area contributed by atoms with Crippen LogP contribution in [0.1, 0.15) is 28.4 Å². The molecule has 0 unspecified atom stereocenters. The molecule has 1 heterocycles. The smallest absolute Gasteiger partial charge is 0.326 e. The normalized spacial score (nSPS) is 15.1. The number of thioether (sulfide) groups is 1. The molecule has 5 nitrogen and oxygen atoms in total. The Morgan fingerprint density at radius 2 is 1.72 bits per heavy atom. The van der Waals surface area contributed by atoms with E-state index in [1.54, 1.807) is 40.9 Å². The molecular weight excluding hydrogens is 418 g/mol. The molecule has 0 fully saturated rings. The Labute approximate surface area is 193 Å². The highest BCUT2D eigenvalue weighted by atomic mass is 32.2. The summed E-state index contributed by atoms with van der Waals surface area (Å²) in [5.74, 6) is -0.120. The van der Waals surface area contributed by atoms with E-state index in [0.29, 0.717) is 29.6 Å². The van der Waals surface area contributed by atoms with Gasteiger partial charge in [-0.2, -0.15) is 0 Å². The first-order valence-electron chi connectivity index (χ1n) is 10.8. The third-order valence-corrected chi connectivity index (χ3v) is 6.54. The number of hydrogen-bond acceptors (Lipinski definition) is 3. The van der Waals surface area contributed by atoms with Crippen molar-refractivity contribution in [1.29, 1.82) is 0 Å². The number of nitrogens with zero attached hydrogens (tertiary/aromatic N) is 1. The van der Waals surface area contributed by atoms with Gasteiger partial charge < -0.3 is 10.6 Å². The number of para-hydroxylation sites is 1. The van der Waals surface area contributed by atoms with Gasteiger partial charge in [0.2, 0.25) is 0 Å². The van der Waals surface area contributed by atoms with E-state index in [2.05, 4.69) is 48.7 Å². The first-order chi connectivity index (χ1) is 15.5. The van der Waals surface area contributed by atoms with Gasteiger partial charge in [-0.3, -0.25) is 9.69 Å². The van der Waals surface area contributed by atoms with E-state index < -0.39 is 0 Å². The quantitative estimate of drug-likeness (QED) is 0.545. The summed E-state index contributed by atoms with van der Waals surface area (Å²) < 4.78 is 0. The number of carbonyl (C=O) groups is 2. The van der Waals surface area contributed by atoms with E-state index in [9.17, 15) is 9.59 Å². The number of anilines is 2. The molecule has 0 aliphatic carbocycles. The molecule has 1 aliphatic rings. The fourth-order valence-corrected chi connectivity index (χ4v) is 4.77. The van der Waals surface area contributed by atoms with Crippen LogP contribution in [-0.4, -0.2) is 30.3 Å². The third kappa shape index (κ3) is 5.32. The van der Waals surface area contributed by atoms with Crippen LogP contribution in [0.15, 0.2) is 77.7 Å². The van der Waals surface area contributed by atoms with Crippen molar-refractivity contribution in [3.63, 3.8) is 0 Å². The molecule has 3 amide bonds. The maximum Gasteiger partial charge on any atom is 0.326 e. The van der Waals surface area contributed by atoms with E-state index in [0.717, 1.165) is 17.0 Å². The lowest BCUT2D eigenvalue weighted by Gasteiger charge is -2.32. The molecule has 0 radical (unpaired) electrons. The number of benzene rings is 3. The Morgan fingerprint density at radius 1 is 1.00 bits per heavy atom. The minimum Gasteiger partial charge on any atom is -0.352 e. The van der Waals surface area contributed by atoms with E-state index in [1.807, 2.05) is 24.3 Å². The zero-order valence-electron chi connectivity index (χ0n) is 18.3. The summed E-state index contributed by atoms with van der Waals surface area (Å²) in [5, 5.41) is 6.23. The first kappa shape index (κ1) is 22.0. The van der Waals surface area contributed by atoms with Gasteiger partial charge in [-0.05, 0) is 55.3 Å². The SMILES string of the molecule is Cc1ccc(CCNC(=O)c2ccc(NC(=O)N3C[C@H](C)Sc4ccccc43)cc2)cc1. The number of nitrogens with one attached hydrogen (secondary N) is 2. The number of rotatable bonds is 5. The van der Waals surface area contributed by atoms with Crippen LogP contribution in [0.3, 0.4) is 0 Å². The van der Waals surface area contributed by atoms with Gasteiger partial charge in [-0.1, -0.05) is 48.9 Å². The summed E-state index contributed by atoms with van der Waals surface area (Å²) in [6, 6.07) is 23.1. The lowest BCUT2D eigenvalue weighted by molar-refractivity contribution is 0.0954. The van der Waals surface area contributed by atoms with Gasteiger partial charge in [0.05, 0.1) is 5.69 Å². The fraction of sp³-hybridized carbons (Fsp3) is 0.231. The Morgan fingerprint density at radius 3 is 2.47 bits per heavy atom. The number of carbonyl (C=O) groups excluding carboxylic acids is 2. The van der Waals surface area contributed by atoms with E-state index in [-0.39, 0.29) is 11.9 Å². The molecule has 32 heavy (non-hydrogen) atoms. The summed E-state index contributed by atoms with van der Waals surface area (Å²) in [7, 11) is 0. The van der Waals surface area contributed by atoms with Gasteiger partial charge in [0, 0.05) is 34.5 Å². The van der Waals surface area contributed by atoms with E-state index in [1.165, 1.54) is 11.1 Å². The minimum atomic E-state index is -0.167. The minimum absolute atomic E-state index is 0.120. The summed E-state index contributed by atoms with van der Waals surface area (Å²) >= 11 is 1.78. The first-order valence-corrected chi connectivity index (χ1v) is 11.7. The molecular formula is C26H27N3O2S. The second-order valence-corrected chi connectivity index (χ2v) is 9.49. The molecule has 6 heteroatoms. The molecule has 0 spiro atoms. The van der Waals surface area contributed by atoms with Crippen LogP contribution >= 0.6 is 11.8 Å². The van der Waals surface area contributed by atoms with Gasteiger partial charge in [0.15, 0.2) is 0 Å². The number of hydrogen-bond donors (Lipinski definition) is 2. The Kier molecular flexibility index (Phi) is 6.81. The molecule has 1 atom stereocenters. The molecule has 1 aliphatic heterocycles. The molecule has 164 valence electrons. The standard InChI is InChI=1S/C26H27N3O2S/c1-18-7-9-20(10-8-18)15-16-27-25(30)21-11-13-22(14-12-21)28-26(31)29-17-19(2)32-24-6-4-3-5-23(24)29/h3-14,19H,15-17H2,1-2H3,(H,27,30)(H,28,31)/t19-/m0/s1. The molecule has 2 N–H and O–H groups in total. The van der Waals surface area contributed by atoms with Crippen molar-refractivity contribution in [2.24, 2.45) is 0 Å². The zero-order valence-corrected chi connectivity index (χ0v) is 19.1. The lowest BCUT2D eigenvalue weighted by atomic mass is 10.1. The van der Waals surface area contributed by atoms with Crippen LogP contribution in [0.25, 0.3) is 0 Å². The average molecular weight is 446 g/mol. The van der Waals surface area contributed by atoms with E-state index in [4.69, 9.17) is 0 Å². The van der Waals surface area contributed by atoms with Crippen LogP contribution < -0.4 is 15.5 Å². The number of urea groups is 1. The van der Waals surface area contributed by atoms with Gasteiger partial charge in [0.1, 0.15) is 0 Å². The summed E-state index contributed by atoms with van der Waals surface area (Å²) in [6.45, 7) is 5.40. The molecule has 0 aromatic heterocycles. The summed E-state index contributed by atoms with van der Waals surface area (Å²) in [4.78, 5) is 28.2. The van der Waals surface area contributed by atoms with Crippen LogP contribution in [0, 0.1) is 6.92 Å². The highest BCUT2D eigenvalue weighted by Gasteiger charge is 2.26. The van der Waals surface area contributed by atoms with Gasteiger partial charge in [-0.15, -0.1) is 11.8 Å². The van der Waals surface area contributed by atoms with Gasteiger partial charge in [0.25, 0.3) is 5.91 Å². The van der Waals surface area contributed by atoms with Crippen molar-refractivity contribution in [1.82, 2.24) is 5.32 Å². The lowest BCUT2D eigenvalue weighted by Crippen LogP contribution is -2.41. The van der Waals surface area contributed by atoms with Crippen molar-refractivity contribution in [3.05, 3.63) is 89.5 Å². The molecule has 4 rings (SSSR count). The molecule has 3 aromatic carbocycles. The van der Waals surface area contributed by atoms with Gasteiger partial charge in [-0.25, -0.2) is 4.79 Å². The Balaban J connectivity index is 1.33. The second-order valence-electron chi connectivity index (χ2n) is 8.01. The zero-order chi connectivity index (χ0) is 22.5. The highest BCUT2D eigenvalue weighted by Crippen LogP contribution is 2.38. The fourth-order valence-electron chi connectivity index (χ4n) is 3.65. The van der Waals surface area contributed by atoms with Crippen molar-refractivity contribution in [2.75, 3.05) is 23.3 Å². The highest BCUT2D eigenvalue weighted by molar-refractivity contribution is 8.00. The maximum atomic E-state index is 12.9.